The molecule has 5 heteroatoms. The van der Waals surface area contributed by atoms with Gasteiger partial charge in [0.1, 0.15) is 5.82 Å². The third kappa shape index (κ3) is 2.20. The standard InChI is InChI=1S/C15H15N5/c16-15-12(4-2-8-19-15)14(20-17)11-5-6-13-10(9-11)3-1-7-18-13/h1-9,14,20H,17H2,(H2,16,19). The van der Waals surface area contributed by atoms with E-state index in [-0.39, 0.29) is 6.04 Å². The van der Waals surface area contributed by atoms with Gasteiger partial charge in [0.05, 0.1) is 11.6 Å². The normalized spacial score (nSPS) is 12.4. The summed E-state index contributed by atoms with van der Waals surface area (Å²) in [6.45, 7) is 0. The summed E-state index contributed by atoms with van der Waals surface area (Å²) in [6, 6.07) is 13.5. The van der Waals surface area contributed by atoms with Crippen LogP contribution in [0.5, 0.6) is 0 Å². The molecule has 0 radical (unpaired) electrons. The molecule has 2 heterocycles. The van der Waals surface area contributed by atoms with Crippen LogP contribution in [0.25, 0.3) is 10.9 Å². The number of nitrogens with two attached hydrogens (primary N) is 2. The summed E-state index contributed by atoms with van der Waals surface area (Å²) in [5.41, 5.74) is 11.6. The highest BCUT2D eigenvalue weighted by atomic mass is 15.2. The highest BCUT2D eigenvalue weighted by molar-refractivity contribution is 5.79. The molecule has 0 aliphatic heterocycles. The van der Waals surface area contributed by atoms with Gasteiger partial charge in [-0.05, 0) is 29.8 Å². The van der Waals surface area contributed by atoms with E-state index in [9.17, 15) is 0 Å². The first-order valence-corrected chi connectivity index (χ1v) is 6.31. The van der Waals surface area contributed by atoms with Crippen molar-refractivity contribution in [3.05, 3.63) is 66.0 Å². The fraction of sp³-hybridized carbons (Fsp3) is 0.0667. The van der Waals surface area contributed by atoms with Crippen LogP contribution in [0.15, 0.2) is 54.9 Å². The molecule has 1 atom stereocenters. The Kier molecular flexibility index (Phi) is 3.28. The van der Waals surface area contributed by atoms with Gasteiger partial charge in [0.2, 0.25) is 0 Å². The van der Waals surface area contributed by atoms with Crippen LogP contribution in [0.4, 0.5) is 5.82 Å². The van der Waals surface area contributed by atoms with Crippen molar-refractivity contribution >= 4 is 16.7 Å². The smallest absolute Gasteiger partial charge is 0.128 e. The number of hydrogen-bond acceptors (Lipinski definition) is 5. The number of pyridine rings is 2. The predicted octanol–water partition coefficient (Wildman–Crippen LogP) is 1.76. The number of nitrogens with one attached hydrogen (secondary N) is 1. The monoisotopic (exact) mass is 265 g/mol. The van der Waals surface area contributed by atoms with Crippen molar-refractivity contribution in [1.82, 2.24) is 15.4 Å². The molecule has 0 saturated heterocycles. The lowest BCUT2D eigenvalue weighted by Crippen LogP contribution is -2.29. The second-order valence-corrected chi connectivity index (χ2v) is 4.53. The van der Waals surface area contributed by atoms with Crippen molar-refractivity contribution in [2.75, 3.05) is 5.73 Å². The molecule has 0 saturated carbocycles. The Bertz CT molecular complexity index is 741. The largest absolute Gasteiger partial charge is 0.383 e. The zero-order valence-electron chi connectivity index (χ0n) is 10.8. The lowest BCUT2D eigenvalue weighted by atomic mass is 9.98. The molecule has 1 unspecified atom stereocenters. The summed E-state index contributed by atoms with van der Waals surface area (Å²) >= 11 is 0. The molecule has 100 valence electrons. The topological polar surface area (TPSA) is 89.8 Å². The minimum Gasteiger partial charge on any atom is -0.383 e. The van der Waals surface area contributed by atoms with Crippen molar-refractivity contribution in [1.29, 1.82) is 0 Å². The molecular formula is C15H15N5. The van der Waals surface area contributed by atoms with Gasteiger partial charge in [-0.2, -0.15) is 0 Å². The maximum absolute atomic E-state index is 5.93. The van der Waals surface area contributed by atoms with E-state index in [0.717, 1.165) is 22.0 Å². The van der Waals surface area contributed by atoms with Gasteiger partial charge in [0, 0.05) is 23.3 Å². The Hall–Kier alpha value is -2.50. The van der Waals surface area contributed by atoms with Crippen LogP contribution in [-0.4, -0.2) is 9.97 Å². The van der Waals surface area contributed by atoms with Crippen molar-refractivity contribution in [2.24, 2.45) is 5.84 Å². The first-order valence-electron chi connectivity index (χ1n) is 6.31. The van der Waals surface area contributed by atoms with E-state index >= 15 is 0 Å². The number of hydrogen-bond donors (Lipinski definition) is 3. The number of rotatable bonds is 3. The van der Waals surface area contributed by atoms with E-state index in [1.807, 2.05) is 36.4 Å². The SMILES string of the molecule is NNC(c1ccc2ncccc2c1)c1cccnc1N. The maximum atomic E-state index is 5.93. The molecule has 5 N–H and O–H groups in total. The van der Waals surface area contributed by atoms with Gasteiger partial charge in [0.15, 0.2) is 0 Å². The Balaban J connectivity index is 2.10. The number of nitrogen functional groups attached to an aromatic ring is 1. The molecular weight excluding hydrogens is 250 g/mol. The summed E-state index contributed by atoms with van der Waals surface area (Å²) in [7, 11) is 0. The molecule has 0 fully saturated rings. The summed E-state index contributed by atoms with van der Waals surface area (Å²) in [4.78, 5) is 8.41. The highest BCUT2D eigenvalue weighted by Gasteiger charge is 2.15. The molecule has 3 aromatic rings. The van der Waals surface area contributed by atoms with E-state index in [2.05, 4.69) is 21.5 Å². The number of anilines is 1. The van der Waals surface area contributed by atoms with Crippen molar-refractivity contribution < 1.29 is 0 Å². The first kappa shape index (κ1) is 12.5. The second-order valence-electron chi connectivity index (χ2n) is 4.53. The quantitative estimate of drug-likeness (QED) is 0.496. The molecule has 20 heavy (non-hydrogen) atoms. The lowest BCUT2D eigenvalue weighted by molar-refractivity contribution is 0.637. The number of fused-ring (bicyclic) bond motifs is 1. The van der Waals surface area contributed by atoms with Crippen LogP contribution < -0.4 is 17.0 Å². The number of nitrogens with zero attached hydrogens (tertiary/aromatic N) is 2. The van der Waals surface area contributed by atoms with E-state index < -0.39 is 0 Å². The van der Waals surface area contributed by atoms with E-state index in [1.165, 1.54) is 0 Å². The molecule has 0 aliphatic carbocycles. The number of hydrazine groups is 1. The third-order valence-electron chi connectivity index (χ3n) is 3.31. The number of aromatic nitrogens is 2. The highest BCUT2D eigenvalue weighted by Crippen LogP contribution is 2.26. The van der Waals surface area contributed by atoms with Crippen LogP contribution in [0.2, 0.25) is 0 Å². The van der Waals surface area contributed by atoms with E-state index in [0.29, 0.717) is 5.82 Å². The molecule has 0 spiro atoms. The van der Waals surface area contributed by atoms with Crippen LogP contribution in [-0.2, 0) is 0 Å². The minimum atomic E-state index is -0.201. The van der Waals surface area contributed by atoms with Gasteiger partial charge in [-0.3, -0.25) is 10.8 Å². The van der Waals surface area contributed by atoms with Gasteiger partial charge < -0.3 is 5.73 Å². The van der Waals surface area contributed by atoms with Crippen molar-refractivity contribution in [2.45, 2.75) is 6.04 Å². The molecule has 2 aromatic heterocycles. The summed E-state index contributed by atoms with van der Waals surface area (Å²) in [5.74, 6) is 6.17. The Labute approximate surface area is 116 Å². The van der Waals surface area contributed by atoms with E-state index in [4.69, 9.17) is 11.6 Å². The van der Waals surface area contributed by atoms with Crippen LogP contribution in [0, 0.1) is 0 Å². The lowest BCUT2D eigenvalue weighted by Gasteiger charge is -2.18. The Morgan fingerprint density at radius 3 is 2.60 bits per heavy atom. The van der Waals surface area contributed by atoms with Gasteiger partial charge in [-0.15, -0.1) is 0 Å². The summed E-state index contributed by atoms with van der Waals surface area (Å²) < 4.78 is 0. The average Bonchev–Trinajstić information content (AvgIpc) is 2.50. The summed E-state index contributed by atoms with van der Waals surface area (Å²) in [6.07, 6.45) is 3.44. The van der Waals surface area contributed by atoms with Crippen molar-refractivity contribution in [3.63, 3.8) is 0 Å². The number of benzene rings is 1. The van der Waals surface area contributed by atoms with Crippen LogP contribution in [0.3, 0.4) is 0 Å². The zero-order valence-corrected chi connectivity index (χ0v) is 10.8. The maximum Gasteiger partial charge on any atom is 0.128 e. The van der Waals surface area contributed by atoms with Crippen LogP contribution in [0.1, 0.15) is 17.2 Å². The molecule has 5 nitrogen and oxygen atoms in total. The Morgan fingerprint density at radius 2 is 1.80 bits per heavy atom. The summed E-state index contributed by atoms with van der Waals surface area (Å²) in [5, 5.41) is 1.06. The van der Waals surface area contributed by atoms with Crippen LogP contribution >= 0.6 is 0 Å². The molecule has 0 bridgehead atoms. The van der Waals surface area contributed by atoms with Gasteiger partial charge >= 0.3 is 0 Å². The third-order valence-corrected chi connectivity index (χ3v) is 3.31. The van der Waals surface area contributed by atoms with E-state index in [1.54, 1.807) is 12.4 Å². The Morgan fingerprint density at radius 1 is 1.00 bits per heavy atom. The van der Waals surface area contributed by atoms with Gasteiger partial charge in [-0.1, -0.05) is 18.2 Å². The molecule has 3 rings (SSSR count). The second kappa shape index (κ2) is 5.24. The minimum absolute atomic E-state index is 0.201. The first-order chi connectivity index (χ1) is 9.79. The zero-order chi connectivity index (χ0) is 13.9. The molecule has 1 aromatic carbocycles. The predicted molar refractivity (Wildman–Crippen MR) is 79.6 cm³/mol. The molecule has 0 amide bonds. The van der Waals surface area contributed by atoms with Gasteiger partial charge in [-0.25, -0.2) is 10.4 Å². The fourth-order valence-electron chi connectivity index (χ4n) is 2.31. The van der Waals surface area contributed by atoms with Gasteiger partial charge in [0.25, 0.3) is 0 Å². The fourth-order valence-corrected chi connectivity index (χ4v) is 2.31. The van der Waals surface area contributed by atoms with Crippen molar-refractivity contribution in [3.8, 4) is 0 Å². The molecule has 0 aliphatic rings. The average molecular weight is 265 g/mol.